The second-order valence-corrected chi connectivity index (χ2v) is 11.2. The van der Waals surface area contributed by atoms with Crippen molar-refractivity contribution in [3.8, 4) is 0 Å². The normalized spacial score (nSPS) is 17.7. The van der Waals surface area contributed by atoms with E-state index in [9.17, 15) is 13.2 Å². The molecule has 0 aliphatic carbocycles. The van der Waals surface area contributed by atoms with Crippen LogP contribution in [0.1, 0.15) is 43.4 Å². The van der Waals surface area contributed by atoms with Crippen molar-refractivity contribution >= 4 is 27.3 Å². The minimum Gasteiger partial charge on any atom is -0.361 e. The van der Waals surface area contributed by atoms with E-state index < -0.39 is 10.0 Å². The van der Waals surface area contributed by atoms with Gasteiger partial charge in [-0.05, 0) is 73.7 Å². The molecule has 166 valence electrons. The Balaban J connectivity index is 1.60. The summed E-state index contributed by atoms with van der Waals surface area (Å²) in [6, 6.07) is 10.9. The van der Waals surface area contributed by atoms with E-state index in [0.29, 0.717) is 18.8 Å². The molecule has 1 saturated heterocycles. The number of amides is 1. The number of nitrogens with zero attached hydrogens (tertiary/aromatic N) is 2. The number of benzene rings is 2. The Morgan fingerprint density at radius 3 is 2.32 bits per heavy atom. The average Bonchev–Trinajstić information content (AvgIpc) is 3.27. The number of carbonyl (C=O) groups excluding carboxylic acids is 1. The summed E-state index contributed by atoms with van der Waals surface area (Å²) >= 11 is 0. The van der Waals surface area contributed by atoms with Gasteiger partial charge >= 0.3 is 0 Å². The molecule has 1 amide bonds. The molecule has 2 aliphatic heterocycles. The van der Waals surface area contributed by atoms with Crippen molar-refractivity contribution in [3.63, 3.8) is 0 Å². The van der Waals surface area contributed by atoms with Gasteiger partial charge in [-0.3, -0.25) is 9.52 Å². The van der Waals surface area contributed by atoms with E-state index in [0.717, 1.165) is 48.3 Å². The maximum atomic E-state index is 13.1. The number of sulfonamides is 1. The molecule has 2 heterocycles. The van der Waals surface area contributed by atoms with Gasteiger partial charge in [0.2, 0.25) is 5.91 Å². The van der Waals surface area contributed by atoms with Gasteiger partial charge in [-0.2, -0.15) is 0 Å². The third-order valence-corrected chi connectivity index (χ3v) is 7.57. The van der Waals surface area contributed by atoms with Crippen molar-refractivity contribution < 1.29 is 13.2 Å². The monoisotopic (exact) mass is 441 g/mol. The number of fused-ring (bicyclic) bond motifs is 1. The molecule has 6 nitrogen and oxygen atoms in total. The van der Waals surface area contributed by atoms with Gasteiger partial charge in [-0.25, -0.2) is 8.42 Å². The lowest BCUT2D eigenvalue weighted by atomic mass is 9.87. The third-order valence-electron chi connectivity index (χ3n) is 6.19. The summed E-state index contributed by atoms with van der Waals surface area (Å²) < 4.78 is 28.9. The van der Waals surface area contributed by atoms with Gasteiger partial charge in [0.05, 0.1) is 11.4 Å². The van der Waals surface area contributed by atoms with Crippen LogP contribution >= 0.6 is 0 Å². The highest BCUT2D eigenvalue weighted by Crippen LogP contribution is 2.41. The van der Waals surface area contributed by atoms with Crippen LogP contribution in [-0.2, 0) is 20.2 Å². The van der Waals surface area contributed by atoms with Crippen molar-refractivity contribution in [2.75, 3.05) is 35.8 Å². The van der Waals surface area contributed by atoms with Crippen LogP contribution in [0.15, 0.2) is 41.3 Å². The highest BCUT2D eigenvalue weighted by Gasteiger charge is 2.37. The fourth-order valence-electron chi connectivity index (χ4n) is 4.77. The van der Waals surface area contributed by atoms with Crippen molar-refractivity contribution in [2.24, 2.45) is 0 Å². The number of aryl methyl sites for hydroxylation is 2. The number of hydrogen-bond acceptors (Lipinski definition) is 4. The van der Waals surface area contributed by atoms with E-state index >= 15 is 0 Å². The lowest BCUT2D eigenvalue weighted by Gasteiger charge is -2.24. The van der Waals surface area contributed by atoms with Gasteiger partial charge in [-0.15, -0.1) is 0 Å². The molecule has 1 fully saturated rings. The molecule has 1 N–H and O–H groups in total. The quantitative estimate of drug-likeness (QED) is 0.766. The number of nitrogens with one attached hydrogen (secondary N) is 1. The zero-order chi connectivity index (χ0) is 22.4. The second kappa shape index (κ2) is 7.86. The molecule has 0 saturated carbocycles. The van der Waals surface area contributed by atoms with Gasteiger partial charge in [0.1, 0.15) is 0 Å². The topological polar surface area (TPSA) is 69.7 Å². The Labute approximate surface area is 185 Å². The first-order valence-corrected chi connectivity index (χ1v) is 12.3. The molecule has 31 heavy (non-hydrogen) atoms. The summed E-state index contributed by atoms with van der Waals surface area (Å²) in [6.07, 6.45) is 2.14. The minimum atomic E-state index is -3.72. The molecule has 7 heteroatoms. The minimum absolute atomic E-state index is 0.148. The van der Waals surface area contributed by atoms with Crippen molar-refractivity contribution in [1.82, 2.24) is 4.90 Å². The van der Waals surface area contributed by atoms with Gasteiger partial charge in [0.15, 0.2) is 0 Å². The average molecular weight is 442 g/mol. The lowest BCUT2D eigenvalue weighted by molar-refractivity contribution is -0.128. The fraction of sp³-hybridized carbons (Fsp3) is 0.458. The maximum absolute atomic E-state index is 13.1. The number of rotatable bonds is 5. The molecule has 4 rings (SSSR count). The zero-order valence-corrected chi connectivity index (χ0v) is 19.6. The molecular formula is C24H31N3O3S. The van der Waals surface area contributed by atoms with Crippen LogP contribution in [0.5, 0.6) is 0 Å². The Morgan fingerprint density at radius 2 is 1.68 bits per heavy atom. The highest BCUT2D eigenvalue weighted by molar-refractivity contribution is 7.92. The van der Waals surface area contributed by atoms with Crippen LogP contribution in [0.2, 0.25) is 0 Å². The molecule has 0 radical (unpaired) electrons. The molecule has 0 bridgehead atoms. The summed E-state index contributed by atoms with van der Waals surface area (Å²) in [4.78, 5) is 16.9. The third kappa shape index (κ3) is 4.42. The van der Waals surface area contributed by atoms with Crippen LogP contribution < -0.4 is 9.62 Å². The second-order valence-electron chi connectivity index (χ2n) is 9.49. The van der Waals surface area contributed by atoms with E-state index in [-0.39, 0.29) is 16.2 Å². The van der Waals surface area contributed by atoms with E-state index in [1.54, 1.807) is 12.1 Å². The molecular weight excluding hydrogens is 410 g/mol. The Bertz CT molecular complexity index is 1100. The predicted molar refractivity (Wildman–Crippen MR) is 124 cm³/mol. The highest BCUT2D eigenvalue weighted by atomic mass is 32.2. The molecule has 0 atom stereocenters. The van der Waals surface area contributed by atoms with Crippen molar-refractivity contribution in [3.05, 3.63) is 53.1 Å². The van der Waals surface area contributed by atoms with Crippen LogP contribution in [0.25, 0.3) is 0 Å². The van der Waals surface area contributed by atoms with Gasteiger partial charge in [0, 0.05) is 36.4 Å². The Morgan fingerprint density at radius 1 is 1.03 bits per heavy atom. The SMILES string of the molecule is Cc1cc(C)cc(NS(=O)(=O)c2ccc3c(c2)C(C)(C)CN3CC(=O)N2CCCC2)c1. The molecule has 2 aromatic carbocycles. The number of carbonyl (C=O) groups is 1. The summed E-state index contributed by atoms with van der Waals surface area (Å²) in [7, 11) is -3.72. The summed E-state index contributed by atoms with van der Waals surface area (Å²) in [5, 5.41) is 0. The van der Waals surface area contributed by atoms with Gasteiger partial charge < -0.3 is 9.80 Å². The standard InChI is InChI=1S/C24H31N3O3S/c1-17-11-18(2)13-19(12-17)25-31(29,30)20-7-8-22-21(14-20)24(3,4)16-27(22)15-23(28)26-9-5-6-10-26/h7-8,11-14,25H,5-6,9-10,15-16H2,1-4H3. The molecule has 0 aromatic heterocycles. The maximum Gasteiger partial charge on any atom is 0.261 e. The van der Waals surface area contributed by atoms with Crippen molar-refractivity contribution in [2.45, 2.75) is 50.8 Å². The zero-order valence-electron chi connectivity index (χ0n) is 18.7. The van der Waals surface area contributed by atoms with Crippen LogP contribution in [0.3, 0.4) is 0 Å². The van der Waals surface area contributed by atoms with E-state index in [1.165, 1.54) is 0 Å². The van der Waals surface area contributed by atoms with Crippen LogP contribution in [0, 0.1) is 13.8 Å². The molecule has 2 aliphatic rings. The first kappa shape index (κ1) is 21.7. The lowest BCUT2D eigenvalue weighted by Crippen LogP contribution is -2.40. The van der Waals surface area contributed by atoms with Gasteiger partial charge in [0.25, 0.3) is 10.0 Å². The van der Waals surface area contributed by atoms with Crippen LogP contribution in [0.4, 0.5) is 11.4 Å². The Kier molecular flexibility index (Phi) is 5.50. The van der Waals surface area contributed by atoms with Crippen LogP contribution in [-0.4, -0.2) is 45.4 Å². The predicted octanol–water partition coefficient (Wildman–Crippen LogP) is 3.82. The van der Waals surface area contributed by atoms with E-state index in [2.05, 4.69) is 23.5 Å². The molecule has 0 spiro atoms. The Hall–Kier alpha value is -2.54. The number of likely N-dealkylation sites (tertiary alicyclic amines) is 1. The van der Waals surface area contributed by atoms with Gasteiger partial charge in [-0.1, -0.05) is 19.9 Å². The summed E-state index contributed by atoms with van der Waals surface area (Å²) in [5.41, 5.74) is 4.24. The number of anilines is 2. The van der Waals surface area contributed by atoms with Crippen molar-refractivity contribution in [1.29, 1.82) is 0 Å². The first-order valence-electron chi connectivity index (χ1n) is 10.8. The van der Waals surface area contributed by atoms with E-state index in [4.69, 9.17) is 0 Å². The largest absolute Gasteiger partial charge is 0.361 e. The summed E-state index contributed by atoms with van der Waals surface area (Å²) in [5.74, 6) is 0.148. The summed E-state index contributed by atoms with van der Waals surface area (Å²) in [6.45, 7) is 10.8. The first-order chi connectivity index (χ1) is 14.5. The smallest absolute Gasteiger partial charge is 0.261 e. The fourth-order valence-corrected chi connectivity index (χ4v) is 5.83. The molecule has 2 aromatic rings. The van der Waals surface area contributed by atoms with E-state index in [1.807, 2.05) is 43.0 Å². The number of hydrogen-bond donors (Lipinski definition) is 1. The molecule has 0 unspecified atom stereocenters.